The number of aryl methyl sites for hydroxylation is 1. The molecule has 0 bridgehead atoms. The highest BCUT2D eigenvalue weighted by molar-refractivity contribution is 5.59. The zero-order valence-corrected chi connectivity index (χ0v) is 22.1. The molecule has 2 nitrogen and oxygen atoms in total. The van der Waals surface area contributed by atoms with Crippen LogP contribution in [0, 0.1) is 11.8 Å². The Morgan fingerprint density at radius 2 is 1.47 bits per heavy atom. The van der Waals surface area contributed by atoms with Crippen LogP contribution in [-0.2, 0) is 6.42 Å². The van der Waals surface area contributed by atoms with Gasteiger partial charge < -0.3 is 4.74 Å². The average molecular weight is 464 g/mol. The Bertz CT molecular complexity index is 767. The smallest absolute Gasteiger partial charge is 0.137 e. The number of nitrogens with zero attached hydrogens (tertiary/aromatic N) is 1. The standard InChI is InChI=1S/C32H49NO/c1-3-5-7-9-10-13-28-14-12-15-29(25-28)17-16-27-18-20-30(21-19-27)32-23-22-31(26-33-32)34-24-11-8-6-4-2/h18-23,26,28-29H,3-17,24-25H2,1-2H3. The SMILES string of the molecule is CCCCCCCC1CCCC(CCc2ccc(-c3ccc(OCCCCCC)cn3)cc2)C1. The molecular weight excluding hydrogens is 414 g/mol. The fourth-order valence-electron chi connectivity index (χ4n) is 5.53. The molecule has 188 valence electrons. The van der Waals surface area contributed by atoms with Crippen molar-refractivity contribution in [3.8, 4) is 17.0 Å². The zero-order chi connectivity index (χ0) is 23.8. The number of hydrogen-bond donors (Lipinski definition) is 0. The summed E-state index contributed by atoms with van der Waals surface area (Å²) < 4.78 is 5.83. The Balaban J connectivity index is 1.38. The normalized spacial score (nSPS) is 18.2. The third kappa shape index (κ3) is 9.80. The lowest BCUT2D eigenvalue weighted by atomic mass is 9.77. The van der Waals surface area contributed by atoms with Crippen LogP contribution >= 0.6 is 0 Å². The number of ether oxygens (including phenoxy) is 1. The van der Waals surface area contributed by atoms with Crippen molar-refractivity contribution in [2.75, 3.05) is 6.61 Å². The Morgan fingerprint density at radius 1 is 0.765 bits per heavy atom. The second kappa shape index (κ2) is 16.0. The van der Waals surface area contributed by atoms with Gasteiger partial charge in [0, 0.05) is 5.56 Å². The highest BCUT2D eigenvalue weighted by Crippen LogP contribution is 2.35. The largest absolute Gasteiger partial charge is 0.492 e. The van der Waals surface area contributed by atoms with E-state index in [2.05, 4.69) is 55.2 Å². The van der Waals surface area contributed by atoms with Crippen molar-refractivity contribution in [2.45, 2.75) is 117 Å². The molecule has 0 N–H and O–H groups in total. The zero-order valence-electron chi connectivity index (χ0n) is 22.1. The van der Waals surface area contributed by atoms with Crippen LogP contribution < -0.4 is 4.74 Å². The first-order chi connectivity index (χ1) is 16.8. The fourth-order valence-corrected chi connectivity index (χ4v) is 5.53. The van der Waals surface area contributed by atoms with Crippen molar-refractivity contribution < 1.29 is 4.74 Å². The average Bonchev–Trinajstić information content (AvgIpc) is 2.88. The lowest BCUT2D eigenvalue weighted by molar-refractivity contribution is 0.239. The van der Waals surface area contributed by atoms with Gasteiger partial charge in [-0.15, -0.1) is 0 Å². The minimum atomic E-state index is 0.788. The van der Waals surface area contributed by atoms with Crippen LogP contribution in [0.4, 0.5) is 0 Å². The minimum absolute atomic E-state index is 0.788. The summed E-state index contributed by atoms with van der Waals surface area (Å²) >= 11 is 0. The summed E-state index contributed by atoms with van der Waals surface area (Å²) in [6.07, 6.45) is 23.8. The molecule has 1 aromatic heterocycles. The van der Waals surface area contributed by atoms with Gasteiger partial charge in [0.15, 0.2) is 0 Å². The van der Waals surface area contributed by atoms with Crippen molar-refractivity contribution in [3.63, 3.8) is 0 Å². The summed E-state index contributed by atoms with van der Waals surface area (Å²) in [5.41, 5.74) is 3.69. The maximum Gasteiger partial charge on any atom is 0.137 e. The molecule has 1 heterocycles. The fraction of sp³-hybridized carbons (Fsp3) is 0.656. The third-order valence-corrected chi connectivity index (χ3v) is 7.70. The highest BCUT2D eigenvalue weighted by atomic mass is 16.5. The van der Waals surface area contributed by atoms with E-state index in [9.17, 15) is 0 Å². The van der Waals surface area contributed by atoms with Gasteiger partial charge in [-0.05, 0) is 55.2 Å². The first kappa shape index (κ1) is 26.8. The molecule has 0 saturated heterocycles. The molecule has 2 unspecified atom stereocenters. The van der Waals surface area contributed by atoms with Crippen molar-refractivity contribution >= 4 is 0 Å². The molecule has 0 amide bonds. The van der Waals surface area contributed by atoms with Gasteiger partial charge in [-0.25, -0.2) is 0 Å². The molecule has 0 aliphatic heterocycles. The number of pyridine rings is 1. The van der Waals surface area contributed by atoms with Crippen LogP contribution in [0.25, 0.3) is 11.3 Å². The van der Waals surface area contributed by atoms with E-state index in [1.807, 2.05) is 6.20 Å². The van der Waals surface area contributed by atoms with Crippen LogP contribution in [0.3, 0.4) is 0 Å². The molecule has 1 aliphatic carbocycles. The van der Waals surface area contributed by atoms with E-state index < -0.39 is 0 Å². The molecular formula is C32H49NO. The third-order valence-electron chi connectivity index (χ3n) is 7.70. The van der Waals surface area contributed by atoms with Gasteiger partial charge in [-0.2, -0.15) is 0 Å². The van der Waals surface area contributed by atoms with E-state index in [1.54, 1.807) is 0 Å². The molecule has 3 rings (SSSR count). The summed E-state index contributed by atoms with van der Waals surface area (Å²) in [5, 5.41) is 0. The molecule has 1 aromatic carbocycles. The molecule has 1 fully saturated rings. The van der Waals surface area contributed by atoms with E-state index in [-0.39, 0.29) is 0 Å². The van der Waals surface area contributed by atoms with Crippen molar-refractivity contribution in [3.05, 3.63) is 48.2 Å². The van der Waals surface area contributed by atoms with Gasteiger partial charge in [-0.3, -0.25) is 4.98 Å². The van der Waals surface area contributed by atoms with E-state index in [1.165, 1.54) is 107 Å². The predicted molar refractivity (Wildman–Crippen MR) is 146 cm³/mol. The lowest BCUT2D eigenvalue weighted by Crippen LogP contribution is -2.16. The first-order valence-corrected chi connectivity index (χ1v) is 14.5. The maximum atomic E-state index is 5.83. The number of rotatable bonds is 16. The Labute approximate surface area is 209 Å². The molecule has 0 spiro atoms. The van der Waals surface area contributed by atoms with Crippen LogP contribution in [0.15, 0.2) is 42.6 Å². The molecule has 0 radical (unpaired) electrons. The number of unbranched alkanes of at least 4 members (excludes halogenated alkanes) is 7. The second-order valence-corrected chi connectivity index (χ2v) is 10.6. The summed E-state index contributed by atoms with van der Waals surface area (Å²) in [4.78, 5) is 4.64. The van der Waals surface area contributed by atoms with Gasteiger partial charge in [0.1, 0.15) is 5.75 Å². The Morgan fingerprint density at radius 3 is 2.18 bits per heavy atom. The van der Waals surface area contributed by atoms with Crippen molar-refractivity contribution in [1.82, 2.24) is 4.98 Å². The van der Waals surface area contributed by atoms with E-state index >= 15 is 0 Å². The van der Waals surface area contributed by atoms with Gasteiger partial charge >= 0.3 is 0 Å². The molecule has 2 atom stereocenters. The molecule has 1 aliphatic rings. The first-order valence-electron chi connectivity index (χ1n) is 14.5. The monoisotopic (exact) mass is 463 g/mol. The summed E-state index contributed by atoms with van der Waals surface area (Å²) in [6.45, 7) is 5.33. The van der Waals surface area contributed by atoms with Crippen molar-refractivity contribution in [1.29, 1.82) is 0 Å². The summed E-state index contributed by atoms with van der Waals surface area (Å²) in [7, 11) is 0. The van der Waals surface area contributed by atoms with Crippen LogP contribution in [0.5, 0.6) is 5.75 Å². The molecule has 1 saturated carbocycles. The predicted octanol–water partition coefficient (Wildman–Crippen LogP) is 9.81. The lowest BCUT2D eigenvalue weighted by Gasteiger charge is -2.29. The number of aromatic nitrogens is 1. The quantitative estimate of drug-likeness (QED) is 0.231. The Hall–Kier alpha value is -1.83. The number of benzene rings is 1. The molecule has 2 heteroatoms. The van der Waals surface area contributed by atoms with E-state index in [4.69, 9.17) is 4.74 Å². The van der Waals surface area contributed by atoms with Crippen molar-refractivity contribution in [2.24, 2.45) is 11.8 Å². The topological polar surface area (TPSA) is 22.1 Å². The van der Waals surface area contributed by atoms with Gasteiger partial charge in [0.2, 0.25) is 0 Å². The highest BCUT2D eigenvalue weighted by Gasteiger charge is 2.21. The molecule has 2 aromatic rings. The minimum Gasteiger partial charge on any atom is -0.492 e. The maximum absolute atomic E-state index is 5.83. The van der Waals surface area contributed by atoms with E-state index in [0.29, 0.717) is 0 Å². The van der Waals surface area contributed by atoms with Crippen LogP contribution in [0.1, 0.15) is 116 Å². The number of hydrogen-bond acceptors (Lipinski definition) is 2. The van der Waals surface area contributed by atoms with Gasteiger partial charge in [-0.1, -0.05) is 115 Å². The summed E-state index contributed by atoms with van der Waals surface area (Å²) in [6, 6.07) is 13.2. The van der Waals surface area contributed by atoms with E-state index in [0.717, 1.165) is 36.3 Å². The van der Waals surface area contributed by atoms with Crippen LogP contribution in [0.2, 0.25) is 0 Å². The van der Waals surface area contributed by atoms with Crippen LogP contribution in [-0.4, -0.2) is 11.6 Å². The van der Waals surface area contributed by atoms with Gasteiger partial charge in [0.25, 0.3) is 0 Å². The molecule has 34 heavy (non-hydrogen) atoms. The Kier molecular flexibility index (Phi) is 12.6. The second-order valence-electron chi connectivity index (χ2n) is 10.6. The summed E-state index contributed by atoms with van der Waals surface area (Å²) in [5.74, 6) is 2.81. The van der Waals surface area contributed by atoms with Gasteiger partial charge in [0.05, 0.1) is 18.5 Å².